The molecule has 1 atom stereocenters. The van der Waals surface area contributed by atoms with Crippen molar-refractivity contribution in [3.63, 3.8) is 0 Å². The van der Waals surface area contributed by atoms with Gasteiger partial charge in [0, 0.05) is 12.7 Å². The van der Waals surface area contributed by atoms with Crippen molar-refractivity contribution in [1.29, 1.82) is 0 Å². The van der Waals surface area contributed by atoms with Gasteiger partial charge in [0.2, 0.25) is 0 Å². The number of halogens is 1. The Kier molecular flexibility index (Phi) is 5.74. The normalized spacial score (nSPS) is 13.7. The molecular weight excluding hydrogens is 398 g/mol. The van der Waals surface area contributed by atoms with Crippen LogP contribution < -0.4 is 5.32 Å². The number of hydrogen-bond acceptors (Lipinski definition) is 6. The Hall–Kier alpha value is -3.52. The number of carbonyl (C=O) groups is 4. The minimum atomic E-state index is -1.14. The van der Waals surface area contributed by atoms with Gasteiger partial charge < -0.3 is 10.1 Å². The minimum absolute atomic E-state index is 0.0458. The van der Waals surface area contributed by atoms with Crippen molar-refractivity contribution in [3.8, 4) is 0 Å². The van der Waals surface area contributed by atoms with Crippen LogP contribution in [0.2, 0.25) is 5.15 Å². The number of esters is 1. The molecule has 0 radical (unpaired) electrons. The SMILES string of the molecule is C=CCN1C(=O)c2ccc(C(=O)O[C@H](C)C(=O)Nc3cccnc3Cl)cc2C1=O. The first-order chi connectivity index (χ1) is 13.8. The Morgan fingerprint density at radius 1 is 1.28 bits per heavy atom. The van der Waals surface area contributed by atoms with E-state index in [1.54, 1.807) is 12.1 Å². The lowest BCUT2D eigenvalue weighted by molar-refractivity contribution is -0.123. The first-order valence-electron chi connectivity index (χ1n) is 8.57. The van der Waals surface area contributed by atoms with Crippen molar-refractivity contribution in [1.82, 2.24) is 9.88 Å². The number of pyridine rings is 1. The highest BCUT2D eigenvalue weighted by Gasteiger charge is 2.35. The van der Waals surface area contributed by atoms with Crippen LogP contribution in [0.1, 0.15) is 38.0 Å². The van der Waals surface area contributed by atoms with Gasteiger partial charge in [-0.3, -0.25) is 19.3 Å². The Morgan fingerprint density at radius 3 is 2.69 bits per heavy atom. The monoisotopic (exact) mass is 413 g/mol. The molecule has 29 heavy (non-hydrogen) atoms. The highest BCUT2D eigenvalue weighted by Crippen LogP contribution is 2.24. The van der Waals surface area contributed by atoms with E-state index in [1.807, 2.05) is 0 Å². The van der Waals surface area contributed by atoms with Crippen molar-refractivity contribution in [2.45, 2.75) is 13.0 Å². The molecule has 1 N–H and O–H groups in total. The van der Waals surface area contributed by atoms with Crippen LogP contribution in [-0.2, 0) is 9.53 Å². The summed E-state index contributed by atoms with van der Waals surface area (Å²) in [6.07, 6.45) is 1.77. The number of nitrogens with zero attached hydrogens (tertiary/aromatic N) is 2. The zero-order chi connectivity index (χ0) is 21.1. The second-order valence-corrected chi connectivity index (χ2v) is 6.51. The molecule has 8 nitrogen and oxygen atoms in total. The van der Waals surface area contributed by atoms with E-state index in [-0.39, 0.29) is 34.1 Å². The van der Waals surface area contributed by atoms with Crippen LogP contribution in [0.4, 0.5) is 5.69 Å². The number of carbonyl (C=O) groups excluding carboxylic acids is 4. The molecule has 1 aromatic carbocycles. The fourth-order valence-corrected chi connectivity index (χ4v) is 2.87. The van der Waals surface area contributed by atoms with E-state index in [0.717, 1.165) is 4.90 Å². The lowest BCUT2D eigenvalue weighted by atomic mass is 10.1. The fraction of sp³-hybridized carbons (Fsp3) is 0.150. The predicted molar refractivity (Wildman–Crippen MR) is 105 cm³/mol. The van der Waals surface area contributed by atoms with Crippen molar-refractivity contribution < 1.29 is 23.9 Å². The summed E-state index contributed by atoms with van der Waals surface area (Å²) in [7, 11) is 0. The maximum absolute atomic E-state index is 12.4. The van der Waals surface area contributed by atoms with Gasteiger partial charge in [-0.05, 0) is 37.3 Å². The molecule has 3 rings (SSSR count). The number of rotatable bonds is 6. The summed E-state index contributed by atoms with van der Waals surface area (Å²) in [5.74, 6) is -2.38. The van der Waals surface area contributed by atoms with Crippen molar-refractivity contribution in [2.24, 2.45) is 0 Å². The van der Waals surface area contributed by atoms with E-state index < -0.39 is 29.8 Å². The summed E-state index contributed by atoms with van der Waals surface area (Å²) >= 11 is 5.89. The standard InChI is InChI=1S/C20H16ClN3O5/c1-3-9-24-18(26)13-7-6-12(10-14(13)19(24)27)20(28)29-11(2)17(25)23-15-5-4-8-22-16(15)21/h3-8,10-11H,1,9H2,2H3,(H,23,25)/t11-/m1/s1. The number of aromatic nitrogens is 1. The van der Waals surface area contributed by atoms with Gasteiger partial charge in [0.15, 0.2) is 11.3 Å². The minimum Gasteiger partial charge on any atom is -0.449 e. The maximum Gasteiger partial charge on any atom is 0.338 e. The molecule has 3 amide bonds. The summed E-state index contributed by atoms with van der Waals surface area (Å²) in [5, 5.41) is 2.62. The third-order valence-corrected chi connectivity index (χ3v) is 4.49. The molecule has 9 heteroatoms. The Balaban J connectivity index is 1.71. The molecule has 0 fully saturated rings. The van der Waals surface area contributed by atoms with E-state index in [0.29, 0.717) is 0 Å². The highest BCUT2D eigenvalue weighted by molar-refractivity contribution is 6.32. The Morgan fingerprint density at radius 2 is 2.00 bits per heavy atom. The molecule has 1 aliphatic heterocycles. The lowest BCUT2D eigenvalue weighted by Gasteiger charge is -2.14. The van der Waals surface area contributed by atoms with Gasteiger partial charge in [-0.25, -0.2) is 9.78 Å². The van der Waals surface area contributed by atoms with E-state index >= 15 is 0 Å². The molecule has 1 aliphatic rings. The van der Waals surface area contributed by atoms with Gasteiger partial charge in [-0.15, -0.1) is 6.58 Å². The summed E-state index contributed by atoms with van der Waals surface area (Å²) in [6.45, 7) is 4.98. The molecule has 0 unspecified atom stereocenters. The number of nitrogens with one attached hydrogen (secondary N) is 1. The Bertz CT molecular complexity index is 1040. The average molecular weight is 414 g/mol. The quantitative estimate of drug-likeness (QED) is 0.338. The third kappa shape index (κ3) is 4.02. The van der Waals surface area contributed by atoms with Gasteiger partial charge in [0.05, 0.1) is 22.4 Å². The summed E-state index contributed by atoms with van der Waals surface area (Å²) < 4.78 is 5.17. The van der Waals surface area contributed by atoms with Gasteiger partial charge in [0.25, 0.3) is 17.7 Å². The van der Waals surface area contributed by atoms with Crippen LogP contribution >= 0.6 is 11.6 Å². The molecule has 0 bridgehead atoms. The number of ether oxygens (including phenoxy) is 1. The zero-order valence-corrected chi connectivity index (χ0v) is 16.1. The molecule has 1 aromatic heterocycles. The first-order valence-corrected chi connectivity index (χ1v) is 8.94. The second kappa shape index (κ2) is 8.24. The first kappa shape index (κ1) is 20.2. The zero-order valence-electron chi connectivity index (χ0n) is 15.3. The molecular formula is C20H16ClN3O5. The molecule has 2 heterocycles. The molecule has 148 valence electrons. The van der Waals surface area contributed by atoms with E-state index in [4.69, 9.17) is 16.3 Å². The van der Waals surface area contributed by atoms with Crippen LogP contribution in [0.5, 0.6) is 0 Å². The van der Waals surface area contributed by atoms with Crippen LogP contribution in [-0.4, -0.2) is 46.2 Å². The topological polar surface area (TPSA) is 106 Å². The van der Waals surface area contributed by atoms with Crippen LogP contribution in [0.3, 0.4) is 0 Å². The number of imide groups is 1. The van der Waals surface area contributed by atoms with E-state index in [2.05, 4.69) is 16.9 Å². The largest absolute Gasteiger partial charge is 0.449 e. The van der Waals surface area contributed by atoms with Gasteiger partial charge in [-0.2, -0.15) is 0 Å². The van der Waals surface area contributed by atoms with E-state index in [1.165, 1.54) is 37.4 Å². The number of benzene rings is 1. The van der Waals surface area contributed by atoms with Crippen molar-refractivity contribution in [2.75, 3.05) is 11.9 Å². The number of anilines is 1. The second-order valence-electron chi connectivity index (χ2n) is 6.15. The molecule has 0 saturated heterocycles. The number of hydrogen-bond donors (Lipinski definition) is 1. The predicted octanol–water partition coefficient (Wildman–Crippen LogP) is 2.70. The van der Waals surface area contributed by atoms with Gasteiger partial charge in [-0.1, -0.05) is 17.7 Å². The highest BCUT2D eigenvalue weighted by atomic mass is 35.5. The third-order valence-electron chi connectivity index (χ3n) is 4.19. The number of amides is 3. The fourth-order valence-electron chi connectivity index (χ4n) is 2.71. The maximum atomic E-state index is 12.4. The summed E-state index contributed by atoms with van der Waals surface area (Å²) in [6, 6.07) is 7.18. The lowest BCUT2D eigenvalue weighted by Crippen LogP contribution is -2.30. The van der Waals surface area contributed by atoms with Crippen LogP contribution in [0.15, 0.2) is 49.2 Å². The molecule has 2 aromatic rings. The van der Waals surface area contributed by atoms with E-state index in [9.17, 15) is 19.2 Å². The number of fused-ring (bicyclic) bond motifs is 1. The molecule has 0 saturated carbocycles. The summed E-state index contributed by atoms with van der Waals surface area (Å²) in [4.78, 5) is 54.1. The Labute approximate surface area is 171 Å². The van der Waals surface area contributed by atoms with Crippen molar-refractivity contribution >= 4 is 41.0 Å². The molecule has 0 aliphatic carbocycles. The summed E-state index contributed by atoms with van der Waals surface area (Å²) in [5.41, 5.74) is 0.631. The van der Waals surface area contributed by atoms with Crippen LogP contribution in [0.25, 0.3) is 0 Å². The average Bonchev–Trinajstić information content (AvgIpc) is 2.94. The molecule has 0 spiro atoms. The van der Waals surface area contributed by atoms with Gasteiger partial charge in [0.1, 0.15) is 0 Å². The smallest absolute Gasteiger partial charge is 0.338 e. The van der Waals surface area contributed by atoms with Gasteiger partial charge >= 0.3 is 5.97 Å². The van der Waals surface area contributed by atoms with Crippen LogP contribution in [0, 0.1) is 0 Å². The van der Waals surface area contributed by atoms with Crippen molar-refractivity contribution in [3.05, 3.63) is 71.0 Å².